The number of hydrogen-bond donors (Lipinski definition) is 3. The molecule has 176 valence electrons. The van der Waals surface area contributed by atoms with Crippen molar-refractivity contribution in [3.63, 3.8) is 0 Å². The first-order valence-corrected chi connectivity index (χ1v) is 14.2. The molecule has 1 saturated heterocycles. The molecule has 0 bridgehead atoms. The van der Waals surface area contributed by atoms with Crippen molar-refractivity contribution >= 4 is 40.7 Å². The Kier molecular flexibility index (Phi) is 6.15. The largest absolute Gasteiger partial charge is 0.393 e. The van der Waals surface area contributed by atoms with Gasteiger partial charge in [0.1, 0.15) is 18.5 Å². The van der Waals surface area contributed by atoms with Gasteiger partial charge >= 0.3 is 0 Å². The number of rotatable bonds is 6. The Labute approximate surface area is 199 Å². The fraction of sp³-hybridized carbons (Fsp3) is 0.308. The van der Waals surface area contributed by atoms with E-state index in [0.717, 1.165) is 59.3 Å². The first-order chi connectivity index (χ1) is 16.4. The van der Waals surface area contributed by atoms with Gasteiger partial charge in [-0.15, -0.1) is 0 Å². The molecular formula is C26H30N5O2P. The molecule has 3 heterocycles. The second-order valence-electron chi connectivity index (χ2n) is 9.28. The van der Waals surface area contributed by atoms with Crippen LogP contribution in [0.25, 0.3) is 11.0 Å². The predicted octanol–water partition coefficient (Wildman–Crippen LogP) is 4.50. The van der Waals surface area contributed by atoms with E-state index in [0.29, 0.717) is 12.2 Å². The van der Waals surface area contributed by atoms with Crippen molar-refractivity contribution in [2.45, 2.75) is 25.4 Å². The standard InChI is InChI=1S/C26H30N5O2P/c1-34(2,33)23-6-4-3-5-21(23)29-26-25-22(11-14-27-25)28-24(30-26)17-18-7-9-19(10-8-18)31-15-12-20(32)13-16-31/h3-11,14,20,27,32H,12-13,15-17H2,1-2H3,(H,28,29,30). The van der Waals surface area contributed by atoms with Crippen LogP contribution in [0.3, 0.4) is 0 Å². The number of nitrogens with zero attached hydrogens (tertiary/aromatic N) is 3. The van der Waals surface area contributed by atoms with Crippen LogP contribution in [0.4, 0.5) is 17.2 Å². The number of anilines is 3. The molecule has 34 heavy (non-hydrogen) atoms. The number of para-hydroxylation sites is 1. The zero-order chi connectivity index (χ0) is 23.7. The van der Waals surface area contributed by atoms with Crippen LogP contribution in [0.1, 0.15) is 24.2 Å². The minimum absolute atomic E-state index is 0.174. The summed E-state index contributed by atoms with van der Waals surface area (Å²) in [6.07, 6.45) is 3.92. The Bertz CT molecular complexity index is 1340. The molecule has 0 spiro atoms. The monoisotopic (exact) mass is 475 g/mol. The maximum absolute atomic E-state index is 12.8. The van der Waals surface area contributed by atoms with E-state index in [1.54, 1.807) is 13.3 Å². The Morgan fingerprint density at radius 2 is 1.79 bits per heavy atom. The molecule has 1 aliphatic heterocycles. The van der Waals surface area contributed by atoms with E-state index >= 15 is 0 Å². The summed E-state index contributed by atoms with van der Waals surface area (Å²) < 4.78 is 12.8. The molecule has 7 nitrogen and oxygen atoms in total. The molecule has 0 saturated carbocycles. The van der Waals surface area contributed by atoms with Gasteiger partial charge in [0, 0.05) is 36.7 Å². The fourth-order valence-electron chi connectivity index (χ4n) is 4.47. The van der Waals surface area contributed by atoms with Gasteiger partial charge < -0.3 is 24.9 Å². The third-order valence-electron chi connectivity index (χ3n) is 6.32. The second-order valence-corrected chi connectivity index (χ2v) is 12.5. The third kappa shape index (κ3) is 4.86. The molecule has 3 N–H and O–H groups in total. The summed E-state index contributed by atoms with van der Waals surface area (Å²) in [6.45, 7) is 5.32. The van der Waals surface area contributed by atoms with Crippen LogP contribution in [-0.2, 0) is 11.0 Å². The van der Waals surface area contributed by atoms with Gasteiger partial charge in [0.2, 0.25) is 0 Å². The van der Waals surface area contributed by atoms with Gasteiger partial charge in [-0.1, -0.05) is 24.3 Å². The predicted molar refractivity (Wildman–Crippen MR) is 139 cm³/mol. The first-order valence-electron chi connectivity index (χ1n) is 11.6. The molecule has 8 heteroatoms. The van der Waals surface area contributed by atoms with Gasteiger partial charge in [0.15, 0.2) is 5.82 Å². The fourth-order valence-corrected chi connectivity index (χ4v) is 5.63. The van der Waals surface area contributed by atoms with Gasteiger partial charge in [-0.05, 0) is 62.1 Å². The zero-order valence-electron chi connectivity index (χ0n) is 19.5. The molecule has 0 amide bonds. The highest BCUT2D eigenvalue weighted by Crippen LogP contribution is 2.38. The van der Waals surface area contributed by atoms with E-state index in [4.69, 9.17) is 9.97 Å². The first kappa shape index (κ1) is 22.6. The van der Waals surface area contributed by atoms with E-state index in [2.05, 4.69) is 39.5 Å². The number of aromatic nitrogens is 3. The van der Waals surface area contributed by atoms with Crippen molar-refractivity contribution in [3.05, 3.63) is 72.2 Å². The van der Waals surface area contributed by atoms with Crippen LogP contribution in [-0.4, -0.2) is 52.6 Å². The maximum Gasteiger partial charge on any atom is 0.158 e. The van der Waals surface area contributed by atoms with E-state index in [-0.39, 0.29) is 6.10 Å². The van der Waals surface area contributed by atoms with Crippen LogP contribution in [0, 0.1) is 0 Å². The summed E-state index contributed by atoms with van der Waals surface area (Å²) in [5, 5.41) is 14.0. The SMILES string of the molecule is CP(C)(=O)c1ccccc1Nc1nc(Cc2ccc(N3CCC(O)CC3)cc2)nc2cc[nH]c12. The van der Waals surface area contributed by atoms with Crippen LogP contribution >= 0.6 is 7.14 Å². The van der Waals surface area contributed by atoms with Crippen molar-refractivity contribution in [3.8, 4) is 0 Å². The molecule has 2 aromatic carbocycles. The lowest BCUT2D eigenvalue weighted by Gasteiger charge is -2.31. The molecule has 4 aromatic rings. The Balaban J connectivity index is 1.40. The van der Waals surface area contributed by atoms with E-state index in [9.17, 15) is 9.67 Å². The highest BCUT2D eigenvalue weighted by atomic mass is 31.2. The normalized spacial score (nSPS) is 15.1. The summed E-state index contributed by atoms with van der Waals surface area (Å²) in [7, 11) is -2.46. The maximum atomic E-state index is 12.8. The summed E-state index contributed by atoms with van der Waals surface area (Å²) in [6, 6.07) is 18.1. The molecule has 0 aliphatic carbocycles. The second kappa shape index (κ2) is 9.24. The smallest absolute Gasteiger partial charge is 0.158 e. The third-order valence-corrected chi connectivity index (χ3v) is 7.87. The molecule has 1 aliphatic rings. The van der Waals surface area contributed by atoms with Gasteiger partial charge in [-0.2, -0.15) is 0 Å². The molecule has 2 aromatic heterocycles. The molecular weight excluding hydrogens is 445 g/mol. The van der Waals surface area contributed by atoms with Gasteiger partial charge in [0.05, 0.1) is 17.3 Å². The van der Waals surface area contributed by atoms with Crippen molar-refractivity contribution < 1.29 is 9.67 Å². The lowest BCUT2D eigenvalue weighted by Crippen LogP contribution is -2.35. The summed E-state index contributed by atoms with van der Waals surface area (Å²) in [5.74, 6) is 1.39. The summed E-state index contributed by atoms with van der Waals surface area (Å²) >= 11 is 0. The van der Waals surface area contributed by atoms with Gasteiger partial charge in [-0.3, -0.25) is 0 Å². The van der Waals surface area contributed by atoms with E-state index in [1.165, 1.54) is 5.69 Å². The quantitative estimate of drug-likeness (QED) is 0.356. The number of nitrogens with one attached hydrogen (secondary N) is 2. The van der Waals surface area contributed by atoms with Crippen molar-refractivity contribution in [2.75, 3.05) is 36.6 Å². The minimum atomic E-state index is -2.46. The Hall–Kier alpha value is -3.15. The minimum Gasteiger partial charge on any atom is -0.393 e. The van der Waals surface area contributed by atoms with Crippen LogP contribution in [0.5, 0.6) is 0 Å². The van der Waals surface area contributed by atoms with E-state index < -0.39 is 7.14 Å². The van der Waals surface area contributed by atoms with Crippen molar-refractivity contribution in [1.29, 1.82) is 0 Å². The number of hydrogen-bond acceptors (Lipinski definition) is 6. The molecule has 5 rings (SSSR count). The molecule has 0 atom stereocenters. The molecule has 0 unspecified atom stereocenters. The van der Waals surface area contributed by atoms with Crippen molar-refractivity contribution in [2.24, 2.45) is 0 Å². The topological polar surface area (TPSA) is 94.1 Å². The molecule has 0 radical (unpaired) electrons. The lowest BCUT2D eigenvalue weighted by molar-refractivity contribution is 0.145. The zero-order valence-corrected chi connectivity index (χ0v) is 20.4. The highest BCUT2D eigenvalue weighted by molar-refractivity contribution is 7.70. The average molecular weight is 476 g/mol. The van der Waals surface area contributed by atoms with E-state index in [1.807, 2.05) is 36.5 Å². The van der Waals surface area contributed by atoms with Gasteiger partial charge in [0.25, 0.3) is 0 Å². The van der Waals surface area contributed by atoms with Gasteiger partial charge in [-0.25, -0.2) is 9.97 Å². The number of aliphatic hydroxyl groups is 1. The van der Waals surface area contributed by atoms with Crippen molar-refractivity contribution in [1.82, 2.24) is 15.0 Å². The Morgan fingerprint density at radius 1 is 1.06 bits per heavy atom. The number of piperidine rings is 1. The van der Waals surface area contributed by atoms with Crippen LogP contribution in [0.2, 0.25) is 0 Å². The number of aromatic amines is 1. The number of fused-ring (bicyclic) bond motifs is 1. The number of H-pyrrole nitrogens is 1. The Morgan fingerprint density at radius 3 is 2.53 bits per heavy atom. The number of aliphatic hydroxyl groups excluding tert-OH is 1. The average Bonchev–Trinajstić information content (AvgIpc) is 3.29. The lowest BCUT2D eigenvalue weighted by atomic mass is 10.1. The number of benzene rings is 2. The highest BCUT2D eigenvalue weighted by Gasteiger charge is 2.19. The summed E-state index contributed by atoms with van der Waals surface area (Å²) in [5.41, 5.74) is 4.77. The summed E-state index contributed by atoms with van der Waals surface area (Å²) in [4.78, 5) is 15.1. The van der Waals surface area contributed by atoms with Crippen LogP contribution < -0.4 is 15.5 Å². The van der Waals surface area contributed by atoms with Crippen LogP contribution in [0.15, 0.2) is 60.8 Å². The molecule has 1 fully saturated rings.